The molecule has 53 heavy (non-hydrogen) atoms. The van der Waals surface area contributed by atoms with Gasteiger partial charge in [0.2, 0.25) is 0 Å². The monoisotopic (exact) mass is 703 g/mol. The lowest BCUT2D eigenvalue weighted by Crippen LogP contribution is -2.05. The standard InChI is InChI=1S/C47H33N3O2S/c51-53(52)30-38-16-15-35(39-22-40(36-13-7-19-48-28-36)24-41(23-39)37-14-8-20-49-29-37)25-45(38)44-18-17-34(21-43(44)31-53)42-26-46(32-9-3-1-4-10-32)50-47(27-42)33-11-5-2-6-12-33/h1-29H,30-31H2. The summed E-state index contributed by atoms with van der Waals surface area (Å²) < 4.78 is 27.3. The van der Waals surface area contributed by atoms with Gasteiger partial charge in [-0.2, -0.15) is 0 Å². The Morgan fingerprint density at radius 3 is 1.43 bits per heavy atom. The average molecular weight is 704 g/mol. The van der Waals surface area contributed by atoms with E-state index in [-0.39, 0.29) is 11.5 Å². The molecule has 4 heterocycles. The molecular weight excluding hydrogens is 671 g/mol. The van der Waals surface area contributed by atoms with Gasteiger partial charge in [-0.1, -0.05) is 97.1 Å². The fraction of sp³-hybridized carbons (Fsp3) is 0.0426. The van der Waals surface area contributed by atoms with Crippen molar-refractivity contribution in [3.05, 3.63) is 188 Å². The summed E-state index contributed by atoms with van der Waals surface area (Å²) in [5.74, 6) is -0.0567. The molecule has 3 aromatic heterocycles. The minimum Gasteiger partial charge on any atom is -0.264 e. The smallest absolute Gasteiger partial charge is 0.158 e. The van der Waals surface area contributed by atoms with Gasteiger partial charge in [-0.05, 0) is 110 Å². The highest BCUT2D eigenvalue weighted by Gasteiger charge is 2.25. The van der Waals surface area contributed by atoms with Crippen LogP contribution in [0.4, 0.5) is 0 Å². The summed E-state index contributed by atoms with van der Waals surface area (Å²) in [4.78, 5) is 13.8. The number of fused-ring (bicyclic) bond motifs is 3. The first kappa shape index (κ1) is 32.4. The maximum absolute atomic E-state index is 13.7. The number of pyridine rings is 3. The third kappa shape index (κ3) is 6.68. The molecule has 0 unspecified atom stereocenters. The molecule has 1 aliphatic heterocycles. The van der Waals surface area contributed by atoms with Gasteiger partial charge in [0.25, 0.3) is 0 Å². The Morgan fingerprint density at radius 2 is 0.868 bits per heavy atom. The Balaban J connectivity index is 1.18. The van der Waals surface area contributed by atoms with E-state index >= 15 is 0 Å². The highest BCUT2D eigenvalue weighted by Crippen LogP contribution is 2.41. The third-order valence-electron chi connectivity index (χ3n) is 9.81. The molecule has 0 fully saturated rings. The first-order chi connectivity index (χ1) is 26.0. The van der Waals surface area contributed by atoms with Crippen molar-refractivity contribution in [1.82, 2.24) is 15.0 Å². The Hall–Kier alpha value is -6.50. The van der Waals surface area contributed by atoms with Gasteiger partial charge in [-0.25, -0.2) is 13.4 Å². The lowest BCUT2D eigenvalue weighted by atomic mass is 9.89. The first-order valence-electron chi connectivity index (χ1n) is 17.5. The number of nitrogens with zero attached hydrogens (tertiary/aromatic N) is 3. The molecule has 0 atom stereocenters. The summed E-state index contributed by atoms with van der Waals surface area (Å²) in [6.45, 7) is 0. The van der Waals surface area contributed by atoms with Crippen LogP contribution < -0.4 is 0 Å². The van der Waals surface area contributed by atoms with Crippen LogP contribution in [-0.2, 0) is 21.3 Å². The number of hydrogen-bond donors (Lipinski definition) is 0. The van der Waals surface area contributed by atoms with Gasteiger partial charge in [0.15, 0.2) is 9.84 Å². The second-order valence-corrected chi connectivity index (χ2v) is 15.5. The van der Waals surface area contributed by atoms with E-state index in [2.05, 4.69) is 101 Å². The SMILES string of the molecule is O=S1(=O)Cc2cc(-c3cc(-c4ccccc4)nc(-c4ccccc4)c3)ccc2-c2cc(-c3cc(-c4cccnc4)cc(-c4cccnc4)c3)ccc2C1. The minimum absolute atomic E-state index is 0.0190. The quantitative estimate of drug-likeness (QED) is 0.172. The topological polar surface area (TPSA) is 72.8 Å². The van der Waals surface area contributed by atoms with Crippen LogP contribution in [0.3, 0.4) is 0 Å². The van der Waals surface area contributed by atoms with Crippen molar-refractivity contribution in [3.8, 4) is 78.1 Å². The lowest BCUT2D eigenvalue weighted by Gasteiger charge is -2.15. The highest BCUT2D eigenvalue weighted by atomic mass is 32.2. The van der Waals surface area contributed by atoms with Crippen molar-refractivity contribution in [2.75, 3.05) is 0 Å². The lowest BCUT2D eigenvalue weighted by molar-refractivity contribution is 0.595. The molecular formula is C47H33N3O2S. The summed E-state index contributed by atoms with van der Waals surface area (Å²) in [7, 11) is -3.44. The zero-order valence-electron chi connectivity index (χ0n) is 28.7. The molecule has 254 valence electrons. The van der Waals surface area contributed by atoms with Crippen molar-refractivity contribution >= 4 is 9.84 Å². The van der Waals surface area contributed by atoms with E-state index in [1.54, 1.807) is 12.4 Å². The fourth-order valence-electron chi connectivity index (χ4n) is 7.22. The van der Waals surface area contributed by atoms with E-state index < -0.39 is 9.84 Å². The second-order valence-electron chi connectivity index (χ2n) is 13.4. The van der Waals surface area contributed by atoms with Crippen molar-refractivity contribution in [2.24, 2.45) is 0 Å². The van der Waals surface area contributed by atoms with Gasteiger partial charge in [0.1, 0.15) is 0 Å². The second kappa shape index (κ2) is 13.6. The molecule has 9 rings (SSSR count). The normalized spacial score (nSPS) is 13.1. The van der Waals surface area contributed by atoms with E-state index in [4.69, 9.17) is 4.98 Å². The van der Waals surface area contributed by atoms with Gasteiger partial charge < -0.3 is 0 Å². The van der Waals surface area contributed by atoms with Crippen LogP contribution in [0.1, 0.15) is 11.1 Å². The fourth-order valence-corrected chi connectivity index (χ4v) is 8.76. The molecule has 1 aliphatic rings. The predicted octanol–water partition coefficient (Wildman–Crippen LogP) is 11.0. The van der Waals surface area contributed by atoms with E-state index in [0.717, 1.165) is 89.3 Å². The minimum atomic E-state index is -3.44. The van der Waals surface area contributed by atoms with Crippen LogP contribution in [0.15, 0.2) is 176 Å². The van der Waals surface area contributed by atoms with Gasteiger partial charge in [-0.15, -0.1) is 0 Å². The number of hydrogen-bond acceptors (Lipinski definition) is 5. The van der Waals surface area contributed by atoms with Crippen LogP contribution in [-0.4, -0.2) is 23.4 Å². The van der Waals surface area contributed by atoms with Crippen LogP contribution in [0.25, 0.3) is 78.1 Å². The molecule has 0 amide bonds. The Bertz CT molecular complexity index is 2600. The largest absolute Gasteiger partial charge is 0.264 e. The number of rotatable bonds is 6. The van der Waals surface area contributed by atoms with Gasteiger partial charge >= 0.3 is 0 Å². The Labute approximate surface area is 309 Å². The molecule has 0 saturated heterocycles. The van der Waals surface area contributed by atoms with Gasteiger partial charge in [0.05, 0.1) is 22.9 Å². The molecule has 0 N–H and O–H groups in total. The molecule has 0 saturated carbocycles. The van der Waals surface area contributed by atoms with E-state index in [0.29, 0.717) is 0 Å². The molecule has 0 radical (unpaired) electrons. The summed E-state index contributed by atoms with van der Waals surface area (Å²) in [6.07, 6.45) is 7.29. The zero-order valence-corrected chi connectivity index (χ0v) is 29.5. The molecule has 5 nitrogen and oxygen atoms in total. The zero-order chi connectivity index (χ0) is 35.8. The molecule has 0 aliphatic carbocycles. The van der Waals surface area contributed by atoms with Crippen LogP contribution in [0, 0.1) is 0 Å². The summed E-state index contributed by atoms with van der Waals surface area (Å²) in [5.41, 5.74) is 15.3. The van der Waals surface area contributed by atoms with Crippen molar-refractivity contribution in [1.29, 1.82) is 0 Å². The predicted molar refractivity (Wildman–Crippen MR) is 214 cm³/mol. The van der Waals surface area contributed by atoms with Crippen molar-refractivity contribution in [3.63, 3.8) is 0 Å². The summed E-state index contributed by atoms with van der Waals surface area (Å²) in [6, 6.07) is 51.4. The van der Waals surface area contributed by atoms with E-state index in [1.165, 1.54) is 0 Å². The van der Waals surface area contributed by atoms with E-state index in [9.17, 15) is 8.42 Å². The average Bonchev–Trinajstić information content (AvgIpc) is 3.33. The molecule has 5 aromatic carbocycles. The number of sulfone groups is 1. The van der Waals surface area contributed by atoms with Crippen LogP contribution >= 0.6 is 0 Å². The Kier molecular flexibility index (Phi) is 8.30. The third-order valence-corrected chi connectivity index (χ3v) is 11.3. The first-order valence-corrected chi connectivity index (χ1v) is 19.3. The Morgan fingerprint density at radius 1 is 0.377 bits per heavy atom. The summed E-state index contributed by atoms with van der Waals surface area (Å²) >= 11 is 0. The summed E-state index contributed by atoms with van der Waals surface area (Å²) in [5, 5.41) is 0. The number of aromatic nitrogens is 3. The van der Waals surface area contributed by atoms with Crippen LogP contribution in [0.5, 0.6) is 0 Å². The molecule has 0 bridgehead atoms. The van der Waals surface area contributed by atoms with Gasteiger partial charge in [-0.3, -0.25) is 9.97 Å². The maximum Gasteiger partial charge on any atom is 0.158 e. The van der Waals surface area contributed by atoms with Gasteiger partial charge in [0, 0.05) is 47.0 Å². The van der Waals surface area contributed by atoms with Crippen molar-refractivity contribution < 1.29 is 8.42 Å². The molecule has 8 aromatic rings. The highest BCUT2D eigenvalue weighted by molar-refractivity contribution is 7.89. The maximum atomic E-state index is 13.7. The molecule has 6 heteroatoms. The van der Waals surface area contributed by atoms with Crippen molar-refractivity contribution in [2.45, 2.75) is 11.5 Å². The van der Waals surface area contributed by atoms with E-state index in [1.807, 2.05) is 73.1 Å². The molecule has 0 spiro atoms. The van der Waals surface area contributed by atoms with Crippen LogP contribution in [0.2, 0.25) is 0 Å². The number of benzene rings is 5.